The van der Waals surface area contributed by atoms with Gasteiger partial charge in [0, 0.05) is 25.9 Å². The number of rotatable bonds is 8. The van der Waals surface area contributed by atoms with E-state index in [1.165, 1.54) is 4.90 Å². The molecule has 130 valence electrons. The number of nitrogens with zero attached hydrogens (tertiary/aromatic N) is 2. The lowest BCUT2D eigenvalue weighted by Gasteiger charge is -2.25. The fraction of sp³-hybridized carbons (Fsp3) is 0.692. The first-order valence-electron chi connectivity index (χ1n) is 7.48. The molecule has 5 amide bonds. The van der Waals surface area contributed by atoms with E-state index in [-0.39, 0.29) is 37.8 Å². The second-order valence-electron chi connectivity index (χ2n) is 5.43. The predicted molar refractivity (Wildman–Crippen MR) is 81.0 cm³/mol. The maximum Gasteiger partial charge on any atom is 0.327 e. The van der Waals surface area contributed by atoms with Gasteiger partial charge in [-0.3, -0.25) is 30.1 Å². The molecule has 10 heteroatoms. The third-order valence-electron chi connectivity index (χ3n) is 3.98. The predicted octanol–water partition coefficient (Wildman–Crippen LogP) is -1.57. The van der Waals surface area contributed by atoms with Gasteiger partial charge in [0.15, 0.2) is 0 Å². The van der Waals surface area contributed by atoms with Crippen LogP contribution in [0.1, 0.15) is 33.1 Å². The van der Waals surface area contributed by atoms with Crippen molar-refractivity contribution in [2.75, 3.05) is 13.1 Å². The third-order valence-corrected chi connectivity index (χ3v) is 3.98. The van der Waals surface area contributed by atoms with Crippen LogP contribution >= 0.6 is 0 Å². The maximum absolute atomic E-state index is 12.5. The molecule has 2 atom stereocenters. The highest BCUT2D eigenvalue weighted by Gasteiger charge is 2.46. The minimum absolute atomic E-state index is 0.000416. The van der Waals surface area contributed by atoms with Crippen LogP contribution in [-0.4, -0.2) is 52.7 Å². The zero-order chi connectivity index (χ0) is 17.6. The van der Waals surface area contributed by atoms with Crippen LogP contribution in [0, 0.1) is 5.92 Å². The fourth-order valence-electron chi connectivity index (χ4n) is 2.46. The van der Waals surface area contributed by atoms with E-state index in [0.717, 1.165) is 4.90 Å². The van der Waals surface area contributed by atoms with Crippen molar-refractivity contribution in [3.63, 3.8) is 0 Å². The van der Waals surface area contributed by atoms with Gasteiger partial charge in [-0.2, -0.15) is 0 Å². The summed E-state index contributed by atoms with van der Waals surface area (Å²) in [4.78, 5) is 49.9. The van der Waals surface area contributed by atoms with Crippen LogP contribution < -0.4 is 22.5 Å². The Labute approximate surface area is 134 Å². The van der Waals surface area contributed by atoms with Gasteiger partial charge in [0.2, 0.25) is 11.8 Å². The summed E-state index contributed by atoms with van der Waals surface area (Å²) in [6.07, 6.45) is 0.623. The molecule has 1 rings (SSSR count). The molecule has 23 heavy (non-hydrogen) atoms. The van der Waals surface area contributed by atoms with Crippen molar-refractivity contribution < 1.29 is 19.2 Å². The van der Waals surface area contributed by atoms with Gasteiger partial charge in [-0.1, -0.05) is 20.3 Å². The number of nitrogens with two attached hydrogens (primary N) is 2. The first-order valence-corrected chi connectivity index (χ1v) is 7.48. The molecule has 0 spiro atoms. The van der Waals surface area contributed by atoms with Crippen molar-refractivity contribution in [1.29, 1.82) is 0 Å². The van der Waals surface area contributed by atoms with Crippen molar-refractivity contribution in [3.8, 4) is 0 Å². The van der Waals surface area contributed by atoms with Crippen LogP contribution in [0.4, 0.5) is 4.79 Å². The Morgan fingerprint density at radius 2 is 1.65 bits per heavy atom. The van der Waals surface area contributed by atoms with E-state index in [2.05, 4.69) is 0 Å². The Morgan fingerprint density at radius 1 is 1.13 bits per heavy atom. The zero-order valence-corrected chi connectivity index (χ0v) is 13.4. The summed E-state index contributed by atoms with van der Waals surface area (Å²) < 4.78 is 0. The van der Waals surface area contributed by atoms with E-state index in [9.17, 15) is 19.2 Å². The number of imide groups is 1. The highest BCUT2D eigenvalue weighted by molar-refractivity contribution is 6.04. The van der Waals surface area contributed by atoms with Crippen molar-refractivity contribution in [1.82, 2.24) is 20.7 Å². The standard InChI is InChI=1S/C13H24N6O4/c1-3-8(2)11-12(22)19(7-5-10(21)17-15)13(23)18(11)6-4-9(20)16-14/h8,11H,3-7,14-15H2,1-2H3,(H,16,20)(H,17,21). The van der Waals surface area contributed by atoms with Crippen LogP contribution in [0.3, 0.4) is 0 Å². The van der Waals surface area contributed by atoms with E-state index in [1.807, 2.05) is 24.7 Å². The number of amides is 5. The summed E-state index contributed by atoms with van der Waals surface area (Å²) >= 11 is 0. The van der Waals surface area contributed by atoms with E-state index in [4.69, 9.17) is 11.7 Å². The molecule has 0 saturated carbocycles. The normalized spacial score (nSPS) is 19.0. The first kappa shape index (κ1) is 18.8. The summed E-state index contributed by atoms with van der Waals surface area (Å²) in [6, 6.07) is -1.14. The van der Waals surface area contributed by atoms with Crippen molar-refractivity contribution in [3.05, 3.63) is 0 Å². The minimum Gasteiger partial charge on any atom is -0.311 e. The van der Waals surface area contributed by atoms with Gasteiger partial charge in [0.05, 0.1) is 0 Å². The largest absolute Gasteiger partial charge is 0.327 e. The second-order valence-corrected chi connectivity index (χ2v) is 5.43. The smallest absolute Gasteiger partial charge is 0.311 e. The Balaban J connectivity index is 2.87. The maximum atomic E-state index is 12.5. The Hall–Kier alpha value is -2.20. The number of carbonyl (C=O) groups is 4. The van der Waals surface area contributed by atoms with Gasteiger partial charge in [-0.15, -0.1) is 0 Å². The molecule has 0 aromatic carbocycles. The molecule has 0 radical (unpaired) electrons. The van der Waals surface area contributed by atoms with E-state index in [1.54, 1.807) is 0 Å². The number of urea groups is 1. The van der Waals surface area contributed by atoms with E-state index in [0.29, 0.717) is 6.42 Å². The van der Waals surface area contributed by atoms with Crippen molar-refractivity contribution in [2.24, 2.45) is 17.6 Å². The summed E-state index contributed by atoms with van der Waals surface area (Å²) in [5.74, 6) is 8.70. The molecular weight excluding hydrogens is 304 g/mol. The van der Waals surface area contributed by atoms with Gasteiger partial charge in [-0.25, -0.2) is 16.5 Å². The molecule has 1 aliphatic rings. The number of carbonyl (C=O) groups excluding carboxylic acids is 4. The highest BCUT2D eigenvalue weighted by atomic mass is 16.2. The topological polar surface area (TPSA) is 151 Å². The number of hydrogen-bond donors (Lipinski definition) is 4. The average Bonchev–Trinajstić information content (AvgIpc) is 2.79. The van der Waals surface area contributed by atoms with Crippen molar-refractivity contribution in [2.45, 2.75) is 39.2 Å². The first-order chi connectivity index (χ1) is 10.9. The second kappa shape index (κ2) is 8.44. The Morgan fingerprint density at radius 3 is 2.13 bits per heavy atom. The fourth-order valence-corrected chi connectivity index (χ4v) is 2.46. The molecule has 0 bridgehead atoms. The summed E-state index contributed by atoms with van der Waals surface area (Å²) in [5, 5.41) is 0. The monoisotopic (exact) mass is 328 g/mol. The van der Waals surface area contributed by atoms with Gasteiger partial charge >= 0.3 is 6.03 Å². The Bertz CT molecular complexity index is 483. The molecule has 10 nitrogen and oxygen atoms in total. The third kappa shape index (κ3) is 4.39. The lowest BCUT2D eigenvalue weighted by atomic mass is 9.98. The van der Waals surface area contributed by atoms with E-state index >= 15 is 0 Å². The highest BCUT2D eigenvalue weighted by Crippen LogP contribution is 2.25. The van der Waals surface area contributed by atoms with Gasteiger partial charge in [0.25, 0.3) is 5.91 Å². The summed E-state index contributed by atoms with van der Waals surface area (Å²) in [6.45, 7) is 3.81. The molecule has 1 saturated heterocycles. The van der Waals surface area contributed by atoms with Gasteiger partial charge in [-0.05, 0) is 5.92 Å². The molecule has 1 aliphatic heterocycles. The lowest BCUT2D eigenvalue weighted by molar-refractivity contribution is -0.130. The van der Waals surface area contributed by atoms with Crippen LogP contribution in [0.2, 0.25) is 0 Å². The molecule has 1 heterocycles. The average molecular weight is 328 g/mol. The molecule has 6 N–H and O–H groups in total. The van der Waals surface area contributed by atoms with Crippen LogP contribution in [0.5, 0.6) is 0 Å². The molecule has 0 aromatic heterocycles. The number of hydrazine groups is 2. The van der Waals surface area contributed by atoms with Crippen LogP contribution in [-0.2, 0) is 14.4 Å². The summed E-state index contributed by atoms with van der Waals surface area (Å²) in [7, 11) is 0. The lowest BCUT2D eigenvalue weighted by Crippen LogP contribution is -2.42. The molecule has 2 unspecified atom stereocenters. The van der Waals surface area contributed by atoms with Crippen LogP contribution in [0.25, 0.3) is 0 Å². The Kier molecular flexibility index (Phi) is 6.91. The quantitative estimate of drug-likeness (QED) is 0.183. The summed E-state index contributed by atoms with van der Waals surface area (Å²) in [5.41, 5.74) is 3.94. The molecule has 1 fully saturated rings. The minimum atomic E-state index is -0.640. The SMILES string of the molecule is CCC(C)C1C(=O)N(CCC(=O)NN)C(=O)N1CCC(=O)NN. The number of nitrogens with one attached hydrogen (secondary N) is 2. The van der Waals surface area contributed by atoms with Crippen molar-refractivity contribution >= 4 is 23.8 Å². The van der Waals surface area contributed by atoms with Gasteiger partial charge in [0.1, 0.15) is 6.04 Å². The zero-order valence-electron chi connectivity index (χ0n) is 13.4. The molecular formula is C13H24N6O4. The number of hydrogen-bond acceptors (Lipinski definition) is 6. The van der Waals surface area contributed by atoms with Crippen LogP contribution in [0.15, 0.2) is 0 Å². The molecule has 0 aliphatic carbocycles. The van der Waals surface area contributed by atoms with Gasteiger partial charge < -0.3 is 4.90 Å². The van der Waals surface area contributed by atoms with E-state index < -0.39 is 23.9 Å². The molecule has 0 aromatic rings.